The number of morpholine rings is 1. The van der Waals surface area contributed by atoms with E-state index in [2.05, 4.69) is 53.8 Å². The Morgan fingerprint density at radius 2 is 1.85 bits per heavy atom. The number of hydrogen-bond acceptors (Lipinski definition) is 6. The molecule has 1 atom stereocenters. The van der Waals surface area contributed by atoms with Crippen LogP contribution in [0.5, 0.6) is 0 Å². The van der Waals surface area contributed by atoms with Crippen molar-refractivity contribution in [1.82, 2.24) is 24.7 Å². The fourth-order valence-corrected chi connectivity index (χ4v) is 4.05. The average molecular weight is 358 g/mol. The molecule has 2 aliphatic heterocycles. The maximum atomic E-state index is 5.68. The quantitative estimate of drug-likeness (QED) is 0.819. The molecule has 0 amide bonds. The molecule has 0 bridgehead atoms. The molecule has 2 aromatic heterocycles. The molecule has 2 saturated heterocycles. The first-order chi connectivity index (χ1) is 12.4. The zero-order chi connectivity index (χ0) is 18.3. The summed E-state index contributed by atoms with van der Waals surface area (Å²) in [5.41, 5.74) is 0.737. The monoisotopic (exact) mass is 358 g/mol. The van der Waals surface area contributed by atoms with E-state index in [-0.39, 0.29) is 5.41 Å². The topological polar surface area (TPSA) is 58.8 Å². The van der Waals surface area contributed by atoms with Gasteiger partial charge in [-0.25, -0.2) is 0 Å². The van der Waals surface area contributed by atoms with Crippen molar-refractivity contribution in [3.05, 3.63) is 18.0 Å². The lowest BCUT2D eigenvalue weighted by atomic mass is 9.96. The van der Waals surface area contributed by atoms with Gasteiger partial charge in [-0.05, 0) is 31.9 Å². The first-order valence-corrected chi connectivity index (χ1v) is 9.75. The Balaban J connectivity index is 1.47. The van der Waals surface area contributed by atoms with Crippen molar-refractivity contribution < 1.29 is 4.74 Å². The summed E-state index contributed by atoms with van der Waals surface area (Å²) in [6.45, 7) is 13.7. The molecule has 0 aromatic carbocycles. The second-order valence-corrected chi connectivity index (χ2v) is 8.63. The van der Waals surface area contributed by atoms with Crippen LogP contribution in [0.3, 0.4) is 0 Å². The Labute approximate surface area is 155 Å². The number of ether oxygens (including phenoxy) is 1. The molecule has 142 valence electrons. The number of nitrogens with zero attached hydrogens (tertiary/aromatic N) is 6. The highest BCUT2D eigenvalue weighted by Crippen LogP contribution is 2.25. The summed E-state index contributed by atoms with van der Waals surface area (Å²) >= 11 is 0. The van der Waals surface area contributed by atoms with Crippen LogP contribution in [-0.4, -0.2) is 69.6 Å². The third-order valence-corrected chi connectivity index (χ3v) is 5.50. The average Bonchev–Trinajstić information content (AvgIpc) is 3.05. The SMILES string of the molecule is CC1CN(C2CCN(c3ccc4nnc(C(C)(C)C)n4n3)CC2)CCO1. The molecular weight excluding hydrogens is 328 g/mol. The molecular formula is C19H30N6O. The van der Waals surface area contributed by atoms with Gasteiger partial charge in [-0.3, -0.25) is 4.90 Å². The highest BCUT2D eigenvalue weighted by atomic mass is 16.5. The van der Waals surface area contributed by atoms with Crippen molar-refractivity contribution in [3.63, 3.8) is 0 Å². The van der Waals surface area contributed by atoms with Crippen LogP contribution >= 0.6 is 0 Å². The van der Waals surface area contributed by atoms with E-state index in [4.69, 9.17) is 9.84 Å². The van der Waals surface area contributed by atoms with E-state index in [0.717, 1.165) is 50.1 Å². The molecule has 7 heteroatoms. The van der Waals surface area contributed by atoms with E-state index in [0.29, 0.717) is 12.1 Å². The first kappa shape index (κ1) is 17.7. The fraction of sp³-hybridized carbons (Fsp3) is 0.737. The van der Waals surface area contributed by atoms with Crippen LogP contribution in [-0.2, 0) is 10.2 Å². The second kappa shape index (κ2) is 6.78. The summed E-state index contributed by atoms with van der Waals surface area (Å²) in [6.07, 6.45) is 2.72. The lowest BCUT2D eigenvalue weighted by Crippen LogP contribution is -2.51. The van der Waals surface area contributed by atoms with Gasteiger partial charge in [0.2, 0.25) is 0 Å². The van der Waals surface area contributed by atoms with Gasteiger partial charge in [0, 0.05) is 37.6 Å². The molecule has 2 aliphatic rings. The van der Waals surface area contributed by atoms with Crippen LogP contribution in [0.4, 0.5) is 5.82 Å². The Hall–Kier alpha value is -1.73. The van der Waals surface area contributed by atoms with Crippen LogP contribution in [0.1, 0.15) is 46.4 Å². The molecule has 26 heavy (non-hydrogen) atoms. The number of piperidine rings is 1. The van der Waals surface area contributed by atoms with E-state index >= 15 is 0 Å². The third kappa shape index (κ3) is 3.42. The van der Waals surface area contributed by atoms with E-state index < -0.39 is 0 Å². The molecule has 2 fully saturated rings. The van der Waals surface area contributed by atoms with Gasteiger partial charge in [0.15, 0.2) is 11.5 Å². The summed E-state index contributed by atoms with van der Waals surface area (Å²) in [5.74, 6) is 1.93. The highest BCUT2D eigenvalue weighted by molar-refractivity contribution is 5.46. The Bertz CT molecular complexity index is 759. The maximum absolute atomic E-state index is 5.68. The van der Waals surface area contributed by atoms with Crippen molar-refractivity contribution in [1.29, 1.82) is 0 Å². The standard InChI is InChI=1S/C19H30N6O/c1-14-13-24(11-12-26-14)15-7-9-23(10-8-15)17-6-5-16-20-21-18(19(2,3)4)25(16)22-17/h5-6,14-15H,7-13H2,1-4H3. The van der Waals surface area contributed by atoms with Gasteiger partial charge in [-0.1, -0.05) is 20.8 Å². The Morgan fingerprint density at radius 1 is 1.08 bits per heavy atom. The van der Waals surface area contributed by atoms with Crippen LogP contribution in [0.25, 0.3) is 5.65 Å². The molecule has 0 aliphatic carbocycles. The number of rotatable bonds is 2. The van der Waals surface area contributed by atoms with Crippen molar-refractivity contribution >= 4 is 11.5 Å². The van der Waals surface area contributed by atoms with Gasteiger partial charge in [-0.2, -0.15) is 4.52 Å². The third-order valence-electron chi connectivity index (χ3n) is 5.50. The van der Waals surface area contributed by atoms with E-state index in [1.807, 2.05) is 10.6 Å². The van der Waals surface area contributed by atoms with Gasteiger partial charge in [0.1, 0.15) is 5.82 Å². The molecule has 2 aromatic rings. The summed E-state index contributed by atoms with van der Waals surface area (Å²) in [7, 11) is 0. The van der Waals surface area contributed by atoms with Gasteiger partial charge in [0.25, 0.3) is 0 Å². The second-order valence-electron chi connectivity index (χ2n) is 8.63. The van der Waals surface area contributed by atoms with Crippen LogP contribution in [0, 0.1) is 0 Å². The fourth-order valence-electron chi connectivity index (χ4n) is 4.05. The van der Waals surface area contributed by atoms with Gasteiger partial charge in [0.05, 0.1) is 12.7 Å². The van der Waals surface area contributed by atoms with Gasteiger partial charge < -0.3 is 9.64 Å². The molecule has 0 radical (unpaired) electrons. The number of fused-ring (bicyclic) bond motifs is 1. The minimum atomic E-state index is -0.0783. The molecule has 7 nitrogen and oxygen atoms in total. The van der Waals surface area contributed by atoms with E-state index in [1.165, 1.54) is 12.8 Å². The van der Waals surface area contributed by atoms with Crippen LogP contribution < -0.4 is 4.90 Å². The van der Waals surface area contributed by atoms with E-state index in [9.17, 15) is 0 Å². The zero-order valence-electron chi connectivity index (χ0n) is 16.4. The molecule has 0 spiro atoms. The molecule has 0 N–H and O–H groups in total. The maximum Gasteiger partial charge on any atom is 0.178 e. The lowest BCUT2D eigenvalue weighted by molar-refractivity contribution is -0.0373. The minimum Gasteiger partial charge on any atom is -0.376 e. The molecule has 4 rings (SSSR count). The summed E-state index contributed by atoms with van der Waals surface area (Å²) in [6, 6.07) is 4.77. The van der Waals surface area contributed by atoms with Gasteiger partial charge >= 0.3 is 0 Å². The van der Waals surface area contributed by atoms with Crippen molar-refractivity contribution in [2.45, 2.75) is 58.1 Å². The predicted molar refractivity (Wildman–Crippen MR) is 102 cm³/mol. The smallest absolute Gasteiger partial charge is 0.178 e. The van der Waals surface area contributed by atoms with E-state index in [1.54, 1.807) is 0 Å². The predicted octanol–water partition coefficient (Wildman–Crippen LogP) is 2.11. The minimum absolute atomic E-state index is 0.0783. The van der Waals surface area contributed by atoms with Crippen LogP contribution in [0.15, 0.2) is 12.1 Å². The zero-order valence-corrected chi connectivity index (χ0v) is 16.4. The Morgan fingerprint density at radius 3 is 2.54 bits per heavy atom. The largest absolute Gasteiger partial charge is 0.376 e. The van der Waals surface area contributed by atoms with Crippen molar-refractivity contribution in [3.8, 4) is 0 Å². The lowest BCUT2D eigenvalue weighted by Gasteiger charge is -2.41. The van der Waals surface area contributed by atoms with Crippen molar-refractivity contribution in [2.24, 2.45) is 0 Å². The highest BCUT2D eigenvalue weighted by Gasteiger charge is 2.29. The number of anilines is 1. The first-order valence-electron chi connectivity index (χ1n) is 9.75. The molecule has 4 heterocycles. The number of hydrogen-bond donors (Lipinski definition) is 0. The summed E-state index contributed by atoms with van der Waals surface area (Å²) in [5, 5.41) is 13.5. The number of aromatic nitrogens is 4. The summed E-state index contributed by atoms with van der Waals surface area (Å²) < 4.78 is 7.59. The summed E-state index contributed by atoms with van der Waals surface area (Å²) in [4.78, 5) is 5.01. The van der Waals surface area contributed by atoms with Gasteiger partial charge in [-0.15, -0.1) is 15.3 Å². The normalized spacial score (nSPS) is 23.7. The Kier molecular flexibility index (Phi) is 4.61. The molecule has 0 saturated carbocycles. The van der Waals surface area contributed by atoms with Crippen LogP contribution in [0.2, 0.25) is 0 Å². The molecule has 1 unspecified atom stereocenters. The van der Waals surface area contributed by atoms with Crippen molar-refractivity contribution in [2.75, 3.05) is 37.7 Å².